The molecular formula is C14H15NO4S. The number of hydrogen-bond donors (Lipinski definition) is 1. The summed E-state index contributed by atoms with van der Waals surface area (Å²) in [5, 5.41) is 9.79. The predicted octanol–water partition coefficient (Wildman–Crippen LogP) is 2.34. The van der Waals surface area contributed by atoms with Crippen molar-refractivity contribution in [2.75, 3.05) is 0 Å². The first-order chi connectivity index (χ1) is 9.59. The Kier molecular flexibility index (Phi) is 3.27. The first-order valence-electron chi connectivity index (χ1n) is 6.41. The van der Waals surface area contributed by atoms with Gasteiger partial charge < -0.3 is 9.52 Å². The maximum absolute atomic E-state index is 12.7. The number of phenolic OH excluding ortho intramolecular Hbond substituents is 1. The Labute approximate surface area is 117 Å². The van der Waals surface area contributed by atoms with Crippen molar-refractivity contribution in [3.8, 4) is 5.75 Å². The van der Waals surface area contributed by atoms with E-state index in [1.54, 1.807) is 24.3 Å². The van der Waals surface area contributed by atoms with Crippen LogP contribution in [-0.4, -0.2) is 23.9 Å². The Morgan fingerprint density at radius 3 is 2.55 bits per heavy atom. The topological polar surface area (TPSA) is 70.8 Å². The van der Waals surface area contributed by atoms with Crippen molar-refractivity contribution in [2.45, 2.75) is 30.3 Å². The molecule has 1 aromatic carbocycles. The van der Waals surface area contributed by atoms with Crippen LogP contribution < -0.4 is 0 Å². The fraction of sp³-hybridized carbons (Fsp3) is 0.286. The van der Waals surface area contributed by atoms with E-state index >= 15 is 0 Å². The van der Waals surface area contributed by atoms with Crippen LogP contribution in [0.2, 0.25) is 0 Å². The van der Waals surface area contributed by atoms with E-state index in [1.807, 2.05) is 0 Å². The second-order valence-corrected chi connectivity index (χ2v) is 6.69. The van der Waals surface area contributed by atoms with Gasteiger partial charge in [0.05, 0.1) is 12.8 Å². The average molecular weight is 293 g/mol. The summed E-state index contributed by atoms with van der Waals surface area (Å²) in [6.07, 6.45) is 3.20. The molecule has 2 aromatic rings. The molecule has 1 aromatic heterocycles. The van der Waals surface area contributed by atoms with Gasteiger partial charge in [0.2, 0.25) is 10.0 Å². The van der Waals surface area contributed by atoms with Crippen molar-refractivity contribution in [3.63, 3.8) is 0 Å². The van der Waals surface area contributed by atoms with Crippen LogP contribution in [0.15, 0.2) is 52.0 Å². The van der Waals surface area contributed by atoms with Crippen molar-refractivity contribution in [2.24, 2.45) is 0 Å². The number of para-hydroxylation sites is 1. The van der Waals surface area contributed by atoms with Crippen molar-refractivity contribution < 1.29 is 17.9 Å². The number of benzene rings is 1. The third-order valence-corrected chi connectivity index (χ3v) is 5.24. The number of hydrogen-bond acceptors (Lipinski definition) is 4. The number of sulfonamides is 1. The molecule has 1 saturated carbocycles. The molecule has 1 aliphatic rings. The highest BCUT2D eigenvalue weighted by Gasteiger charge is 2.39. The van der Waals surface area contributed by atoms with Gasteiger partial charge in [0.15, 0.2) is 0 Å². The van der Waals surface area contributed by atoms with E-state index in [9.17, 15) is 13.5 Å². The summed E-state index contributed by atoms with van der Waals surface area (Å²) in [5.74, 6) is 0.369. The number of rotatable bonds is 5. The van der Waals surface area contributed by atoms with Crippen LogP contribution in [-0.2, 0) is 16.6 Å². The Hall–Kier alpha value is -1.79. The molecule has 0 amide bonds. The second kappa shape index (κ2) is 4.96. The second-order valence-electron chi connectivity index (χ2n) is 4.83. The van der Waals surface area contributed by atoms with E-state index in [1.165, 1.54) is 22.7 Å². The van der Waals surface area contributed by atoms with E-state index < -0.39 is 10.0 Å². The first-order valence-corrected chi connectivity index (χ1v) is 7.85. The van der Waals surface area contributed by atoms with Crippen LogP contribution in [0.3, 0.4) is 0 Å². The lowest BCUT2D eigenvalue weighted by molar-refractivity contribution is 0.354. The molecule has 1 fully saturated rings. The normalized spacial score (nSPS) is 15.7. The van der Waals surface area contributed by atoms with Crippen LogP contribution in [0.25, 0.3) is 0 Å². The molecule has 0 aliphatic heterocycles. The van der Waals surface area contributed by atoms with Crippen molar-refractivity contribution >= 4 is 10.0 Å². The van der Waals surface area contributed by atoms with Gasteiger partial charge in [-0.1, -0.05) is 12.1 Å². The molecule has 1 aliphatic carbocycles. The van der Waals surface area contributed by atoms with Crippen LogP contribution in [0.4, 0.5) is 0 Å². The van der Waals surface area contributed by atoms with Crippen molar-refractivity contribution in [3.05, 3.63) is 48.4 Å². The highest BCUT2D eigenvalue weighted by molar-refractivity contribution is 7.89. The molecule has 1 N–H and O–H groups in total. The minimum absolute atomic E-state index is 0.00953. The largest absolute Gasteiger partial charge is 0.507 e. The third kappa shape index (κ3) is 2.44. The van der Waals surface area contributed by atoms with Gasteiger partial charge in [-0.2, -0.15) is 4.31 Å². The summed E-state index contributed by atoms with van der Waals surface area (Å²) in [4.78, 5) is -0.0570. The van der Waals surface area contributed by atoms with E-state index in [-0.39, 0.29) is 23.2 Å². The van der Waals surface area contributed by atoms with Gasteiger partial charge in [-0.25, -0.2) is 8.42 Å². The summed E-state index contributed by atoms with van der Waals surface area (Å²) >= 11 is 0. The molecule has 6 heteroatoms. The first kappa shape index (κ1) is 13.2. The summed E-state index contributed by atoms with van der Waals surface area (Å²) in [6.45, 7) is 0.189. The molecule has 0 bridgehead atoms. The van der Waals surface area contributed by atoms with Gasteiger partial charge in [0, 0.05) is 6.04 Å². The molecule has 20 heavy (non-hydrogen) atoms. The van der Waals surface area contributed by atoms with E-state index in [4.69, 9.17) is 4.42 Å². The fourth-order valence-corrected chi connectivity index (χ4v) is 3.87. The zero-order valence-electron chi connectivity index (χ0n) is 10.8. The lowest BCUT2D eigenvalue weighted by atomic mass is 10.3. The summed E-state index contributed by atoms with van der Waals surface area (Å²) in [7, 11) is -3.72. The van der Waals surface area contributed by atoms with Crippen LogP contribution in [0.5, 0.6) is 5.75 Å². The predicted molar refractivity (Wildman–Crippen MR) is 72.6 cm³/mol. The highest BCUT2D eigenvalue weighted by atomic mass is 32.2. The van der Waals surface area contributed by atoms with Gasteiger partial charge in [-0.15, -0.1) is 0 Å². The molecule has 0 saturated heterocycles. The SMILES string of the molecule is O=S(=O)(c1ccccc1O)N(Cc1ccco1)C1CC1. The van der Waals surface area contributed by atoms with Gasteiger partial charge in [0.1, 0.15) is 16.4 Å². The zero-order valence-corrected chi connectivity index (χ0v) is 11.6. The smallest absolute Gasteiger partial charge is 0.247 e. The van der Waals surface area contributed by atoms with E-state index in [0.717, 1.165) is 12.8 Å². The molecule has 0 atom stereocenters. The van der Waals surface area contributed by atoms with Crippen LogP contribution in [0.1, 0.15) is 18.6 Å². The number of furan rings is 1. The summed E-state index contributed by atoms with van der Waals surface area (Å²) in [6, 6.07) is 9.47. The number of aromatic hydroxyl groups is 1. The fourth-order valence-electron chi connectivity index (χ4n) is 2.13. The Morgan fingerprint density at radius 1 is 1.20 bits per heavy atom. The molecule has 0 spiro atoms. The number of phenols is 1. The maximum Gasteiger partial charge on any atom is 0.247 e. The molecule has 5 nitrogen and oxygen atoms in total. The Morgan fingerprint density at radius 2 is 1.95 bits per heavy atom. The molecule has 3 rings (SSSR count). The molecule has 1 heterocycles. The Balaban J connectivity index is 1.96. The molecule has 0 radical (unpaired) electrons. The van der Waals surface area contributed by atoms with Gasteiger partial charge in [-0.05, 0) is 37.1 Å². The minimum atomic E-state index is -3.72. The summed E-state index contributed by atoms with van der Waals surface area (Å²) < 4.78 is 32.0. The van der Waals surface area contributed by atoms with Crippen LogP contribution in [0, 0.1) is 0 Å². The molecular weight excluding hydrogens is 278 g/mol. The summed E-state index contributed by atoms with van der Waals surface area (Å²) in [5.41, 5.74) is 0. The Bertz CT molecular complexity index is 690. The van der Waals surface area contributed by atoms with Gasteiger partial charge >= 0.3 is 0 Å². The van der Waals surface area contributed by atoms with Crippen LogP contribution >= 0.6 is 0 Å². The molecule has 0 unspecified atom stereocenters. The lowest BCUT2D eigenvalue weighted by Crippen LogP contribution is -2.32. The lowest BCUT2D eigenvalue weighted by Gasteiger charge is -2.21. The number of nitrogens with zero attached hydrogens (tertiary/aromatic N) is 1. The third-order valence-electron chi connectivity index (χ3n) is 3.30. The highest BCUT2D eigenvalue weighted by Crippen LogP contribution is 2.35. The van der Waals surface area contributed by atoms with E-state index in [0.29, 0.717) is 5.76 Å². The zero-order chi connectivity index (χ0) is 14.2. The van der Waals surface area contributed by atoms with Gasteiger partial charge in [-0.3, -0.25) is 0 Å². The van der Waals surface area contributed by atoms with Gasteiger partial charge in [0.25, 0.3) is 0 Å². The maximum atomic E-state index is 12.7. The average Bonchev–Trinajstić information content (AvgIpc) is 3.12. The van der Waals surface area contributed by atoms with Crippen molar-refractivity contribution in [1.82, 2.24) is 4.31 Å². The standard InChI is InChI=1S/C14H15NO4S/c16-13-5-1-2-6-14(13)20(17,18)15(11-7-8-11)10-12-4-3-9-19-12/h1-6,9,11,16H,7-8,10H2. The minimum Gasteiger partial charge on any atom is -0.507 e. The quantitative estimate of drug-likeness (QED) is 0.918. The van der Waals surface area contributed by atoms with Crippen molar-refractivity contribution in [1.29, 1.82) is 0 Å². The van der Waals surface area contributed by atoms with E-state index in [2.05, 4.69) is 0 Å². The molecule has 106 valence electrons. The monoisotopic (exact) mass is 293 g/mol.